The maximum absolute atomic E-state index is 12.3. The lowest BCUT2D eigenvalue weighted by molar-refractivity contribution is 0.0875. The van der Waals surface area contributed by atoms with Gasteiger partial charge in [0.2, 0.25) is 0 Å². The van der Waals surface area contributed by atoms with Crippen molar-refractivity contribution in [1.29, 1.82) is 0 Å². The van der Waals surface area contributed by atoms with E-state index in [1.807, 2.05) is 0 Å². The molecular formula is C17H19N3O3. The quantitative estimate of drug-likeness (QED) is 0.904. The third kappa shape index (κ3) is 2.94. The number of amides is 1. The summed E-state index contributed by atoms with van der Waals surface area (Å²) in [4.78, 5) is 18.8. The summed E-state index contributed by atoms with van der Waals surface area (Å²) >= 11 is 0. The highest BCUT2D eigenvalue weighted by molar-refractivity contribution is 5.90. The van der Waals surface area contributed by atoms with Gasteiger partial charge >= 0.3 is 5.91 Å². The Hall–Kier alpha value is -2.34. The van der Waals surface area contributed by atoms with E-state index >= 15 is 0 Å². The molecule has 4 rings (SSSR count). The van der Waals surface area contributed by atoms with Crippen LogP contribution in [0.1, 0.15) is 23.5 Å². The summed E-state index contributed by atoms with van der Waals surface area (Å²) in [6.45, 7) is 3.20. The van der Waals surface area contributed by atoms with Crippen molar-refractivity contribution in [2.75, 3.05) is 19.6 Å². The van der Waals surface area contributed by atoms with Gasteiger partial charge in [-0.3, -0.25) is 4.79 Å². The molecule has 3 unspecified atom stereocenters. The average Bonchev–Trinajstić information content (AvgIpc) is 3.14. The number of piperidine rings is 1. The van der Waals surface area contributed by atoms with E-state index in [1.54, 1.807) is 24.3 Å². The van der Waals surface area contributed by atoms with Crippen molar-refractivity contribution < 1.29 is 14.3 Å². The zero-order valence-corrected chi connectivity index (χ0v) is 12.7. The van der Waals surface area contributed by atoms with Crippen LogP contribution in [0.15, 0.2) is 34.9 Å². The summed E-state index contributed by atoms with van der Waals surface area (Å²) in [5, 5.41) is 12.5. The van der Waals surface area contributed by atoms with Crippen LogP contribution in [0.4, 0.5) is 0 Å². The van der Waals surface area contributed by atoms with Gasteiger partial charge in [0, 0.05) is 24.7 Å². The molecule has 2 N–H and O–H groups in total. The molecule has 1 aromatic carbocycles. The number of rotatable bonds is 3. The zero-order valence-electron chi connectivity index (χ0n) is 12.7. The molecule has 1 aromatic heterocycles. The number of carbonyl (C=O) groups excluding carboxylic acids is 1. The SMILES string of the molecule is O=C(NC1CC2CCN(C2)C1)c1ncc(-c2cccc(O)c2)o1. The molecule has 2 aromatic rings. The van der Waals surface area contributed by atoms with Gasteiger partial charge < -0.3 is 19.7 Å². The molecule has 120 valence electrons. The predicted octanol–water partition coefficient (Wildman–Crippen LogP) is 1.87. The molecule has 6 nitrogen and oxygen atoms in total. The maximum atomic E-state index is 12.3. The number of fused-ring (bicyclic) bond motifs is 2. The lowest BCUT2D eigenvalue weighted by Crippen LogP contribution is -2.47. The Kier molecular flexibility index (Phi) is 3.53. The number of phenolic OH excluding ortho intramolecular Hbond substituents is 1. The van der Waals surface area contributed by atoms with Crippen molar-refractivity contribution in [2.45, 2.75) is 18.9 Å². The van der Waals surface area contributed by atoms with Crippen LogP contribution in [0.2, 0.25) is 0 Å². The molecule has 0 radical (unpaired) electrons. The van der Waals surface area contributed by atoms with Crippen LogP contribution in [0, 0.1) is 5.92 Å². The lowest BCUT2D eigenvalue weighted by Gasteiger charge is -2.30. The fraction of sp³-hybridized carbons (Fsp3) is 0.412. The largest absolute Gasteiger partial charge is 0.508 e. The first-order valence-electron chi connectivity index (χ1n) is 7.96. The summed E-state index contributed by atoms with van der Waals surface area (Å²) < 4.78 is 5.55. The van der Waals surface area contributed by atoms with Crippen molar-refractivity contribution in [3.05, 3.63) is 36.4 Å². The molecule has 2 aliphatic rings. The summed E-state index contributed by atoms with van der Waals surface area (Å²) in [6.07, 6.45) is 3.77. The van der Waals surface area contributed by atoms with Gasteiger partial charge in [0.1, 0.15) is 5.75 Å². The van der Waals surface area contributed by atoms with Crippen LogP contribution in [0.3, 0.4) is 0 Å². The minimum atomic E-state index is -0.274. The molecule has 2 fully saturated rings. The molecule has 23 heavy (non-hydrogen) atoms. The smallest absolute Gasteiger partial charge is 0.307 e. The second-order valence-corrected chi connectivity index (χ2v) is 6.40. The molecule has 0 saturated carbocycles. The number of phenols is 1. The third-order valence-corrected chi connectivity index (χ3v) is 4.63. The number of nitrogens with zero attached hydrogens (tertiary/aromatic N) is 2. The third-order valence-electron chi connectivity index (χ3n) is 4.63. The molecule has 2 saturated heterocycles. The summed E-state index contributed by atoms with van der Waals surface area (Å²) in [6, 6.07) is 6.85. The molecule has 6 heteroatoms. The first kappa shape index (κ1) is 14.3. The van der Waals surface area contributed by atoms with E-state index in [0.717, 1.165) is 26.1 Å². The number of hydrogen-bond donors (Lipinski definition) is 2. The molecule has 3 atom stereocenters. The van der Waals surface area contributed by atoms with Gasteiger partial charge in [0.25, 0.3) is 5.89 Å². The number of oxazole rings is 1. The van der Waals surface area contributed by atoms with E-state index in [4.69, 9.17) is 4.42 Å². The van der Waals surface area contributed by atoms with Gasteiger partial charge in [-0.2, -0.15) is 0 Å². The van der Waals surface area contributed by atoms with Crippen LogP contribution in [-0.4, -0.2) is 46.6 Å². The molecular weight excluding hydrogens is 294 g/mol. The number of carbonyl (C=O) groups is 1. The van der Waals surface area contributed by atoms with Gasteiger partial charge in [-0.1, -0.05) is 12.1 Å². The van der Waals surface area contributed by atoms with E-state index in [1.165, 1.54) is 12.6 Å². The monoisotopic (exact) mass is 313 g/mol. The van der Waals surface area contributed by atoms with Gasteiger partial charge in [0.15, 0.2) is 5.76 Å². The Labute approximate surface area is 134 Å². The highest BCUT2D eigenvalue weighted by atomic mass is 16.4. The molecule has 1 amide bonds. The summed E-state index contributed by atoms with van der Waals surface area (Å²) in [7, 11) is 0. The fourth-order valence-electron chi connectivity index (χ4n) is 3.58. The van der Waals surface area contributed by atoms with Crippen molar-refractivity contribution in [3.63, 3.8) is 0 Å². The number of aromatic hydroxyl groups is 1. The Morgan fingerprint density at radius 1 is 1.39 bits per heavy atom. The van der Waals surface area contributed by atoms with Crippen LogP contribution < -0.4 is 5.32 Å². The summed E-state index contributed by atoms with van der Waals surface area (Å²) in [5.74, 6) is 1.11. The Morgan fingerprint density at radius 3 is 3.13 bits per heavy atom. The maximum Gasteiger partial charge on any atom is 0.307 e. The molecule has 3 heterocycles. The highest BCUT2D eigenvalue weighted by Gasteiger charge is 2.33. The van der Waals surface area contributed by atoms with E-state index < -0.39 is 0 Å². The minimum absolute atomic E-state index is 0.0660. The molecule has 2 bridgehead atoms. The van der Waals surface area contributed by atoms with Crippen molar-refractivity contribution in [3.8, 4) is 17.1 Å². The van der Waals surface area contributed by atoms with Crippen LogP contribution in [0.25, 0.3) is 11.3 Å². The van der Waals surface area contributed by atoms with E-state index in [0.29, 0.717) is 17.2 Å². The second kappa shape index (κ2) is 5.70. The van der Waals surface area contributed by atoms with E-state index in [-0.39, 0.29) is 23.6 Å². The summed E-state index contributed by atoms with van der Waals surface area (Å²) in [5.41, 5.74) is 0.693. The number of hydrogen-bond acceptors (Lipinski definition) is 5. The van der Waals surface area contributed by atoms with Crippen LogP contribution >= 0.6 is 0 Å². The minimum Gasteiger partial charge on any atom is -0.508 e. The lowest BCUT2D eigenvalue weighted by atomic mass is 9.97. The second-order valence-electron chi connectivity index (χ2n) is 6.40. The topological polar surface area (TPSA) is 78.6 Å². The highest BCUT2D eigenvalue weighted by Crippen LogP contribution is 2.27. The van der Waals surface area contributed by atoms with Gasteiger partial charge in [-0.15, -0.1) is 0 Å². The molecule has 0 aliphatic carbocycles. The Balaban J connectivity index is 1.45. The van der Waals surface area contributed by atoms with Crippen molar-refractivity contribution >= 4 is 5.91 Å². The Bertz CT molecular complexity index is 715. The zero-order chi connectivity index (χ0) is 15.8. The van der Waals surface area contributed by atoms with Crippen molar-refractivity contribution in [2.24, 2.45) is 5.92 Å². The van der Waals surface area contributed by atoms with E-state index in [2.05, 4.69) is 15.2 Å². The first-order valence-corrected chi connectivity index (χ1v) is 7.96. The van der Waals surface area contributed by atoms with Gasteiger partial charge in [0.05, 0.1) is 6.20 Å². The molecule has 0 spiro atoms. The van der Waals surface area contributed by atoms with E-state index in [9.17, 15) is 9.90 Å². The number of benzene rings is 1. The van der Waals surface area contributed by atoms with Gasteiger partial charge in [-0.25, -0.2) is 4.98 Å². The molecule has 2 aliphatic heterocycles. The van der Waals surface area contributed by atoms with Crippen LogP contribution in [0.5, 0.6) is 5.75 Å². The first-order chi connectivity index (χ1) is 11.2. The number of nitrogens with one attached hydrogen (secondary N) is 1. The normalized spacial score (nSPS) is 26.2. The van der Waals surface area contributed by atoms with Crippen LogP contribution in [-0.2, 0) is 0 Å². The standard InChI is InChI=1S/C17H19N3O3/c21-14-3-1-2-12(7-14)15-8-18-17(23-15)16(22)19-13-6-11-4-5-20(9-11)10-13/h1-3,7-8,11,13,21H,4-6,9-10H2,(H,19,22). The Morgan fingerprint density at radius 2 is 2.30 bits per heavy atom. The number of aromatic nitrogens is 1. The van der Waals surface area contributed by atoms with Crippen molar-refractivity contribution in [1.82, 2.24) is 15.2 Å². The predicted molar refractivity (Wildman–Crippen MR) is 84.0 cm³/mol. The average molecular weight is 313 g/mol. The fourth-order valence-corrected chi connectivity index (χ4v) is 3.58. The van der Waals surface area contributed by atoms with Gasteiger partial charge in [-0.05, 0) is 37.4 Å².